The maximum absolute atomic E-state index is 13.1. The fourth-order valence-electron chi connectivity index (χ4n) is 2.52. The van der Waals surface area contributed by atoms with Crippen LogP contribution in [0, 0.1) is 0 Å². The fraction of sp³-hybridized carbons (Fsp3) is 0.533. The maximum atomic E-state index is 13.1. The number of nitrogens with one attached hydrogen (secondary N) is 1. The van der Waals surface area contributed by atoms with Crippen molar-refractivity contribution in [2.24, 2.45) is 0 Å². The van der Waals surface area contributed by atoms with Gasteiger partial charge < -0.3 is 4.74 Å². The van der Waals surface area contributed by atoms with Gasteiger partial charge in [-0.05, 0) is 37.0 Å². The third-order valence-electron chi connectivity index (χ3n) is 3.70. The summed E-state index contributed by atoms with van der Waals surface area (Å²) >= 11 is 0. The number of hydrogen-bond donors (Lipinski definition) is 1. The summed E-state index contributed by atoms with van der Waals surface area (Å²) in [5.41, 5.74) is 3.25. The van der Waals surface area contributed by atoms with Gasteiger partial charge in [-0.1, -0.05) is 12.1 Å². The van der Waals surface area contributed by atoms with Gasteiger partial charge in [0.1, 0.15) is 11.8 Å². The maximum Gasteiger partial charge on any atom is 0.405 e. The van der Waals surface area contributed by atoms with Gasteiger partial charge in [-0.25, -0.2) is 5.01 Å². The van der Waals surface area contributed by atoms with Gasteiger partial charge in [0.15, 0.2) is 0 Å². The second-order valence-corrected chi connectivity index (χ2v) is 5.28. The number of hydrazine groups is 1. The Balaban J connectivity index is 1.89. The van der Waals surface area contributed by atoms with Crippen molar-refractivity contribution in [3.05, 3.63) is 29.8 Å². The molecule has 1 amide bonds. The molecule has 1 saturated heterocycles. The number of ether oxygens (including phenoxy) is 1. The Hall–Kier alpha value is -1.76. The second kappa shape index (κ2) is 7.00. The monoisotopic (exact) mass is 316 g/mol. The van der Waals surface area contributed by atoms with Gasteiger partial charge in [-0.15, -0.1) is 0 Å². The van der Waals surface area contributed by atoms with Crippen molar-refractivity contribution in [1.29, 1.82) is 0 Å². The van der Waals surface area contributed by atoms with Crippen LogP contribution in [-0.4, -0.2) is 36.8 Å². The summed E-state index contributed by atoms with van der Waals surface area (Å²) in [5.74, 6) is 0.362. The Bertz CT molecular complexity index is 503. The second-order valence-electron chi connectivity index (χ2n) is 5.28. The number of nitrogens with zero attached hydrogens (tertiary/aromatic N) is 1. The van der Waals surface area contributed by atoms with E-state index in [1.165, 1.54) is 0 Å². The first-order valence-corrected chi connectivity index (χ1v) is 7.16. The fourth-order valence-corrected chi connectivity index (χ4v) is 2.52. The zero-order chi connectivity index (χ0) is 16.2. The predicted molar refractivity (Wildman–Crippen MR) is 75.2 cm³/mol. The molecule has 0 radical (unpaired) electrons. The summed E-state index contributed by atoms with van der Waals surface area (Å²) in [6.45, 7) is 0.103. The Morgan fingerprint density at radius 3 is 2.50 bits per heavy atom. The van der Waals surface area contributed by atoms with Crippen molar-refractivity contribution < 1.29 is 22.7 Å². The average Bonchev–Trinajstić information content (AvgIpc) is 2.89. The summed E-state index contributed by atoms with van der Waals surface area (Å²) in [5, 5.41) is 1.01. The number of rotatable bonds is 6. The third kappa shape index (κ3) is 4.37. The highest BCUT2D eigenvalue weighted by Gasteiger charge is 2.45. The van der Waals surface area contributed by atoms with Crippen LogP contribution in [0.15, 0.2) is 24.3 Å². The Kier molecular flexibility index (Phi) is 5.28. The molecule has 1 aromatic carbocycles. The molecule has 1 N–H and O–H groups in total. The Morgan fingerprint density at radius 1 is 1.32 bits per heavy atom. The summed E-state index contributed by atoms with van der Waals surface area (Å²) < 4.78 is 44.4. The van der Waals surface area contributed by atoms with Gasteiger partial charge in [-0.3, -0.25) is 10.2 Å². The van der Waals surface area contributed by atoms with Gasteiger partial charge in [0.25, 0.3) is 0 Å². The molecule has 1 fully saturated rings. The minimum Gasteiger partial charge on any atom is -0.497 e. The number of hydrogen-bond acceptors (Lipinski definition) is 3. The number of methoxy groups -OCH3 is 1. The molecule has 1 aliphatic heterocycles. The van der Waals surface area contributed by atoms with E-state index in [0.29, 0.717) is 12.8 Å². The number of aryl methyl sites for hydroxylation is 1. The van der Waals surface area contributed by atoms with E-state index in [1.807, 2.05) is 12.1 Å². The molecule has 1 unspecified atom stereocenters. The van der Waals surface area contributed by atoms with Crippen LogP contribution in [0.2, 0.25) is 0 Å². The van der Waals surface area contributed by atoms with Crippen molar-refractivity contribution in [1.82, 2.24) is 10.4 Å². The van der Waals surface area contributed by atoms with Crippen molar-refractivity contribution in [3.63, 3.8) is 0 Å². The zero-order valence-electron chi connectivity index (χ0n) is 12.3. The van der Waals surface area contributed by atoms with Crippen LogP contribution in [0.3, 0.4) is 0 Å². The van der Waals surface area contributed by atoms with Crippen molar-refractivity contribution in [2.75, 3.05) is 13.7 Å². The standard InChI is InChI=1S/C15H19F3N2O2/c1-22-12-7-5-11(6-8-12)3-2-4-13(15(16,17)18)20-10-9-14(21)19-20/h5-8,13H,2-4,9-10H2,1H3,(H,19,21). The molecule has 1 atom stereocenters. The molecule has 7 heteroatoms. The van der Waals surface area contributed by atoms with Crippen LogP contribution >= 0.6 is 0 Å². The average molecular weight is 316 g/mol. The molecule has 2 rings (SSSR count). The molecule has 1 heterocycles. The van der Waals surface area contributed by atoms with Gasteiger partial charge in [-0.2, -0.15) is 13.2 Å². The van der Waals surface area contributed by atoms with E-state index < -0.39 is 12.2 Å². The SMILES string of the molecule is COc1ccc(CCCC(N2CCC(=O)N2)C(F)(F)F)cc1. The molecule has 0 bridgehead atoms. The van der Waals surface area contributed by atoms with Gasteiger partial charge in [0.05, 0.1) is 7.11 Å². The number of carbonyl (C=O) groups excluding carboxylic acids is 1. The molecule has 0 spiro atoms. The van der Waals surface area contributed by atoms with Crippen LogP contribution in [0.25, 0.3) is 0 Å². The lowest BCUT2D eigenvalue weighted by molar-refractivity contribution is -0.190. The van der Waals surface area contributed by atoms with Crippen LogP contribution in [-0.2, 0) is 11.2 Å². The molecule has 22 heavy (non-hydrogen) atoms. The smallest absolute Gasteiger partial charge is 0.405 e. The lowest BCUT2D eigenvalue weighted by Crippen LogP contribution is -2.49. The van der Waals surface area contributed by atoms with E-state index in [4.69, 9.17) is 4.74 Å². The number of alkyl halides is 3. The van der Waals surface area contributed by atoms with E-state index in [-0.39, 0.29) is 25.3 Å². The molecular weight excluding hydrogens is 297 g/mol. The van der Waals surface area contributed by atoms with Gasteiger partial charge >= 0.3 is 6.18 Å². The largest absolute Gasteiger partial charge is 0.497 e. The Labute approximate surface area is 127 Å². The topological polar surface area (TPSA) is 41.6 Å². The summed E-state index contributed by atoms with van der Waals surface area (Å²) in [6, 6.07) is 5.64. The Morgan fingerprint density at radius 2 is 2.00 bits per heavy atom. The van der Waals surface area contributed by atoms with E-state index in [1.54, 1.807) is 19.2 Å². The lowest BCUT2D eigenvalue weighted by Gasteiger charge is -2.28. The summed E-state index contributed by atoms with van der Waals surface area (Å²) in [4.78, 5) is 11.1. The molecule has 0 aliphatic carbocycles. The molecule has 0 saturated carbocycles. The zero-order valence-corrected chi connectivity index (χ0v) is 12.3. The molecule has 4 nitrogen and oxygen atoms in total. The van der Waals surface area contributed by atoms with Gasteiger partial charge in [0, 0.05) is 13.0 Å². The summed E-state index contributed by atoms with van der Waals surface area (Å²) in [7, 11) is 1.56. The molecule has 1 aliphatic rings. The summed E-state index contributed by atoms with van der Waals surface area (Å²) in [6.07, 6.45) is -3.33. The highest BCUT2D eigenvalue weighted by atomic mass is 19.4. The highest BCUT2D eigenvalue weighted by Crippen LogP contribution is 2.29. The van der Waals surface area contributed by atoms with E-state index >= 15 is 0 Å². The van der Waals surface area contributed by atoms with Crippen LogP contribution in [0.4, 0.5) is 13.2 Å². The van der Waals surface area contributed by atoms with Crippen molar-refractivity contribution in [2.45, 2.75) is 37.9 Å². The molecule has 1 aromatic rings. The van der Waals surface area contributed by atoms with E-state index in [9.17, 15) is 18.0 Å². The minimum absolute atomic E-state index is 0.0458. The molecule has 0 aromatic heterocycles. The van der Waals surface area contributed by atoms with E-state index in [0.717, 1.165) is 16.3 Å². The highest BCUT2D eigenvalue weighted by molar-refractivity contribution is 5.77. The third-order valence-corrected chi connectivity index (χ3v) is 3.70. The number of benzene rings is 1. The molecular formula is C15H19F3N2O2. The van der Waals surface area contributed by atoms with E-state index in [2.05, 4.69) is 5.43 Å². The normalized spacial score (nSPS) is 17.4. The molecule has 122 valence electrons. The first kappa shape index (κ1) is 16.6. The van der Waals surface area contributed by atoms with Crippen LogP contribution in [0.1, 0.15) is 24.8 Å². The predicted octanol–water partition coefficient (Wildman–Crippen LogP) is 2.69. The van der Waals surface area contributed by atoms with Crippen molar-refractivity contribution in [3.8, 4) is 5.75 Å². The first-order chi connectivity index (χ1) is 10.4. The van der Waals surface area contributed by atoms with Crippen molar-refractivity contribution >= 4 is 5.91 Å². The van der Waals surface area contributed by atoms with Crippen LogP contribution < -0.4 is 10.2 Å². The van der Waals surface area contributed by atoms with Gasteiger partial charge in [0.2, 0.25) is 5.91 Å². The van der Waals surface area contributed by atoms with Crippen LogP contribution in [0.5, 0.6) is 5.75 Å². The first-order valence-electron chi connectivity index (χ1n) is 7.16. The lowest BCUT2D eigenvalue weighted by atomic mass is 10.0. The number of carbonyl (C=O) groups is 1. The number of halogens is 3. The quantitative estimate of drug-likeness (QED) is 0.877. The minimum atomic E-state index is -4.35. The number of amides is 1.